The van der Waals surface area contributed by atoms with E-state index in [1.165, 1.54) is 0 Å². The number of rotatable bonds is 2. The van der Waals surface area contributed by atoms with Crippen LogP contribution in [-0.4, -0.2) is 16.6 Å². The van der Waals surface area contributed by atoms with E-state index in [2.05, 4.69) is 20.9 Å². The maximum atomic E-state index is 6.03. The van der Waals surface area contributed by atoms with Crippen molar-refractivity contribution in [2.75, 3.05) is 12.3 Å². The molecule has 1 fully saturated rings. The van der Waals surface area contributed by atoms with Crippen molar-refractivity contribution in [3.63, 3.8) is 0 Å². The lowest BCUT2D eigenvalue weighted by atomic mass is 10.0. The highest BCUT2D eigenvalue weighted by atomic mass is 79.9. The van der Waals surface area contributed by atoms with Gasteiger partial charge >= 0.3 is 0 Å². The Kier molecular flexibility index (Phi) is 3.48. The molecule has 2 N–H and O–H groups in total. The lowest BCUT2D eigenvalue weighted by Crippen LogP contribution is -2.24. The molecule has 1 aromatic carbocycles. The fraction of sp³-hybridized carbons (Fsp3) is 0.333. The fourth-order valence-corrected chi connectivity index (χ4v) is 2.85. The van der Waals surface area contributed by atoms with Crippen LogP contribution in [0.3, 0.4) is 0 Å². The molecule has 0 bridgehead atoms. The first-order valence-electron chi connectivity index (χ1n) is 6.63. The third-order valence-corrected chi connectivity index (χ3v) is 4.40. The highest BCUT2D eigenvalue weighted by Gasteiger charge is 2.35. The summed E-state index contributed by atoms with van der Waals surface area (Å²) in [6.45, 7) is 2.77. The van der Waals surface area contributed by atoms with E-state index < -0.39 is 5.60 Å². The van der Waals surface area contributed by atoms with E-state index in [0.717, 1.165) is 35.2 Å². The van der Waals surface area contributed by atoms with Gasteiger partial charge in [0, 0.05) is 12.2 Å². The molecule has 0 aliphatic carbocycles. The van der Waals surface area contributed by atoms with Crippen molar-refractivity contribution in [3.05, 3.63) is 40.6 Å². The van der Waals surface area contributed by atoms with Gasteiger partial charge in [-0.15, -0.1) is 0 Å². The summed E-state index contributed by atoms with van der Waals surface area (Å²) in [6, 6.07) is 9.95. The summed E-state index contributed by atoms with van der Waals surface area (Å²) in [5.74, 6) is 1.11. The van der Waals surface area contributed by atoms with Gasteiger partial charge in [-0.05, 0) is 35.7 Å². The van der Waals surface area contributed by atoms with E-state index >= 15 is 0 Å². The van der Waals surface area contributed by atoms with E-state index in [1.807, 2.05) is 37.3 Å². The molecule has 0 spiro atoms. The van der Waals surface area contributed by atoms with Gasteiger partial charge in [0.15, 0.2) is 5.82 Å². The molecule has 1 aromatic heterocycles. The van der Waals surface area contributed by atoms with Gasteiger partial charge < -0.3 is 10.5 Å². The zero-order chi connectivity index (χ0) is 14.2. The number of ether oxygens (including phenoxy) is 1. The number of nitrogens with two attached hydrogens (primary N) is 1. The number of nitrogens with zero attached hydrogens (tertiary/aromatic N) is 2. The van der Waals surface area contributed by atoms with Crippen molar-refractivity contribution < 1.29 is 4.74 Å². The molecule has 104 valence electrons. The van der Waals surface area contributed by atoms with Gasteiger partial charge in [-0.25, -0.2) is 9.97 Å². The SMILES string of the molecule is CC1(c2nc(N)c(Br)c(-c3ccccc3)n2)CCCO1. The second-order valence-electron chi connectivity index (χ2n) is 5.14. The van der Waals surface area contributed by atoms with Crippen LogP contribution in [-0.2, 0) is 10.3 Å². The summed E-state index contributed by atoms with van der Waals surface area (Å²) in [4.78, 5) is 9.10. The molecular formula is C15H16BrN3O. The number of halogens is 1. The Hall–Kier alpha value is -1.46. The quantitative estimate of drug-likeness (QED) is 0.913. The fourth-order valence-electron chi connectivity index (χ4n) is 2.44. The Morgan fingerprint density at radius 3 is 2.65 bits per heavy atom. The molecular weight excluding hydrogens is 318 g/mol. The van der Waals surface area contributed by atoms with Crippen LogP contribution in [0.25, 0.3) is 11.3 Å². The first kappa shape index (κ1) is 13.5. The zero-order valence-electron chi connectivity index (χ0n) is 11.3. The largest absolute Gasteiger partial charge is 0.383 e. The molecule has 1 aliphatic heterocycles. The summed E-state index contributed by atoms with van der Waals surface area (Å²) in [5, 5.41) is 0. The molecule has 4 nitrogen and oxygen atoms in total. The van der Waals surface area contributed by atoms with Gasteiger partial charge in [-0.1, -0.05) is 30.3 Å². The minimum Gasteiger partial charge on any atom is -0.383 e. The molecule has 1 unspecified atom stereocenters. The van der Waals surface area contributed by atoms with Gasteiger partial charge in [0.05, 0.1) is 10.2 Å². The van der Waals surface area contributed by atoms with Gasteiger partial charge in [0.25, 0.3) is 0 Å². The van der Waals surface area contributed by atoms with Crippen LogP contribution < -0.4 is 5.73 Å². The normalized spacial score (nSPS) is 22.1. The zero-order valence-corrected chi connectivity index (χ0v) is 12.9. The first-order valence-corrected chi connectivity index (χ1v) is 7.42. The van der Waals surface area contributed by atoms with Crippen LogP contribution >= 0.6 is 15.9 Å². The highest BCUT2D eigenvalue weighted by Crippen LogP contribution is 2.37. The Labute approximate surface area is 126 Å². The van der Waals surface area contributed by atoms with E-state index in [-0.39, 0.29) is 0 Å². The molecule has 0 saturated carbocycles. The van der Waals surface area contributed by atoms with Crippen LogP contribution in [0.2, 0.25) is 0 Å². The first-order chi connectivity index (χ1) is 9.60. The van der Waals surface area contributed by atoms with Gasteiger partial charge in [-0.2, -0.15) is 0 Å². The highest BCUT2D eigenvalue weighted by molar-refractivity contribution is 9.10. The van der Waals surface area contributed by atoms with Crippen molar-refractivity contribution in [1.29, 1.82) is 0 Å². The average molecular weight is 334 g/mol. The topological polar surface area (TPSA) is 61.0 Å². The lowest BCUT2D eigenvalue weighted by molar-refractivity contribution is 0.00952. The molecule has 20 heavy (non-hydrogen) atoms. The second-order valence-corrected chi connectivity index (χ2v) is 5.94. The molecule has 5 heteroatoms. The smallest absolute Gasteiger partial charge is 0.163 e. The van der Waals surface area contributed by atoms with Gasteiger partial charge in [0.1, 0.15) is 11.4 Å². The van der Waals surface area contributed by atoms with Crippen molar-refractivity contribution >= 4 is 21.7 Å². The molecule has 2 aromatic rings. The molecule has 0 amide bonds. The molecule has 1 atom stereocenters. The lowest BCUT2D eigenvalue weighted by Gasteiger charge is -2.22. The summed E-state index contributed by atoms with van der Waals surface area (Å²) in [7, 11) is 0. The standard InChI is InChI=1S/C15H16BrN3O/c1-15(8-5-9-20-15)14-18-12(11(16)13(17)19-14)10-6-3-2-4-7-10/h2-4,6-7H,5,8-9H2,1H3,(H2,17,18,19). The van der Waals surface area contributed by atoms with Crippen molar-refractivity contribution in [2.24, 2.45) is 0 Å². The van der Waals surface area contributed by atoms with Crippen LogP contribution in [0.4, 0.5) is 5.82 Å². The number of hydrogen-bond donors (Lipinski definition) is 1. The Morgan fingerprint density at radius 1 is 1.25 bits per heavy atom. The molecule has 1 saturated heterocycles. The number of anilines is 1. The van der Waals surface area contributed by atoms with Crippen LogP contribution in [0.5, 0.6) is 0 Å². The van der Waals surface area contributed by atoms with Crippen LogP contribution in [0.1, 0.15) is 25.6 Å². The van der Waals surface area contributed by atoms with Crippen LogP contribution in [0.15, 0.2) is 34.8 Å². The third-order valence-electron chi connectivity index (χ3n) is 3.62. The average Bonchev–Trinajstić information content (AvgIpc) is 2.91. The minimum atomic E-state index is -0.432. The van der Waals surface area contributed by atoms with Crippen molar-refractivity contribution in [1.82, 2.24) is 9.97 Å². The van der Waals surface area contributed by atoms with Gasteiger partial charge in [-0.3, -0.25) is 0 Å². The molecule has 3 rings (SSSR count). The predicted molar refractivity (Wildman–Crippen MR) is 82.1 cm³/mol. The monoisotopic (exact) mass is 333 g/mol. The molecule has 1 aliphatic rings. The maximum absolute atomic E-state index is 6.03. The molecule has 2 heterocycles. The summed E-state index contributed by atoms with van der Waals surface area (Å²) in [5.41, 5.74) is 7.42. The second kappa shape index (κ2) is 5.14. The summed E-state index contributed by atoms with van der Waals surface area (Å²) < 4.78 is 6.55. The Balaban J connectivity index is 2.13. The molecule has 0 radical (unpaired) electrons. The maximum Gasteiger partial charge on any atom is 0.163 e. The minimum absolute atomic E-state index is 0.432. The summed E-state index contributed by atoms with van der Waals surface area (Å²) in [6.07, 6.45) is 1.94. The Morgan fingerprint density at radius 2 is 2.00 bits per heavy atom. The van der Waals surface area contributed by atoms with E-state index in [9.17, 15) is 0 Å². The number of benzene rings is 1. The predicted octanol–water partition coefficient (Wildman–Crippen LogP) is 3.51. The van der Waals surface area contributed by atoms with Crippen molar-refractivity contribution in [2.45, 2.75) is 25.4 Å². The Bertz CT molecular complexity index is 625. The van der Waals surface area contributed by atoms with Crippen molar-refractivity contribution in [3.8, 4) is 11.3 Å². The number of aromatic nitrogens is 2. The third kappa shape index (κ3) is 2.31. The summed E-state index contributed by atoms with van der Waals surface area (Å²) >= 11 is 3.49. The van der Waals surface area contributed by atoms with E-state index in [1.54, 1.807) is 0 Å². The van der Waals surface area contributed by atoms with E-state index in [4.69, 9.17) is 15.5 Å². The van der Waals surface area contributed by atoms with Crippen LogP contribution in [0, 0.1) is 0 Å². The number of nitrogen functional groups attached to an aromatic ring is 1. The van der Waals surface area contributed by atoms with Gasteiger partial charge in [0.2, 0.25) is 0 Å². The van der Waals surface area contributed by atoms with E-state index in [0.29, 0.717) is 11.6 Å². The number of hydrogen-bond acceptors (Lipinski definition) is 4.